The minimum absolute atomic E-state index is 0.465. The molecule has 1 atom stereocenters. The van der Waals surface area contributed by atoms with Crippen molar-refractivity contribution in [1.82, 2.24) is 0 Å². The van der Waals surface area contributed by atoms with Gasteiger partial charge in [-0.25, -0.2) is 0 Å². The van der Waals surface area contributed by atoms with Crippen LogP contribution in [-0.2, 0) is 6.42 Å². The first-order valence-electron chi connectivity index (χ1n) is 6.14. The van der Waals surface area contributed by atoms with E-state index in [9.17, 15) is 0 Å². The third kappa shape index (κ3) is 1.26. The summed E-state index contributed by atoms with van der Waals surface area (Å²) in [5, 5.41) is 0. The van der Waals surface area contributed by atoms with Gasteiger partial charge in [0.05, 0.1) is 0 Å². The average molecular weight is 201 g/mol. The van der Waals surface area contributed by atoms with Crippen LogP contribution in [0.15, 0.2) is 24.3 Å². The Kier molecular flexibility index (Phi) is 2.10. The molecule has 1 fully saturated rings. The molecule has 0 saturated heterocycles. The molecule has 3 rings (SSSR count). The predicted molar refractivity (Wildman–Crippen MR) is 62.8 cm³/mol. The molecular formula is C14H19N. The molecule has 1 heteroatoms. The van der Waals surface area contributed by atoms with Crippen molar-refractivity contribution in [1.29, 1.82) is 0 Å². The molecular weight excluding hydrogens is 182 g/mol. The van der Waals surface area contributed by atoms with E-state index in [1.54, 1.807) is 11.1 Å². The van der Waals surface area contributed by atoms with Crippen LogP contribution in [0.25, 0.3) is 0 Å². The van der Waals surface area contributed by atoms with Crippen molar-refractivity contribution >= 4 is 0 Å². The van der Waals surface area contributed by atoms with Crippen LogP contribution in [0.3, 0.4) is 0 Å². The molecule has 0 aromatic heterocycles. The normalized spacial score (nSPS) is 27.1. The standard InChI is InChI=1S/C14H19N/c15-10-14(8-3-9-14)13-7-6-11-4-1-2-5-12(11)13/h1-2,4-5,13H,3,6-10,15H2. The zero-order valence-corrected chi connectivity index (χ0v) is 9.21. The monoisotopic (exact) mass is 201 g/mol. The number of benzene rings is 1. The molecule has 0 aliphatic heterocycles. The van der Waals surface area contributed by atoms with Gasteiger partial charge in [0.2, 0.25) is 0 Å². The molecule has 2 N–H and O–H groups in total. The third-order valence-electron chi connectivity index (χ3n) is 4.63. The van der Waals surface area contributed by atoms with E-state index in [1.165, 1.54) is 32.1 Å². The lowest BCUT2D eigenvalue weighted by Crippen LogP contribution is -2.41. The van der Waals surface area contributed by atoms with Crippen molar-refractivity contribution in [3.8, 4) is 0 Å². The van der Waals surface area contributed by atoms with E-state index in [4.69, 9.17) is 5.73 Å². The smallest absolute Gasteiger partial charge is 0.00147 e. The highest BCUT2D eigenvalue weighted by Gasteiger charge is 2.45. The van der Waals surface area contributed by atoms with Gasteiger partial charge >= 0.3 is 0 Å². The Labute approximate surface area is 91.7 Å². The van der Waals surface area contributed by atoms with Crippen LogP contribution in [0.1, 0.15) is 42.7 Å². The lowest BCUT2D eigenvalue weighted by atomic mass is 9.59. The van der Waals surface area contributed by atoms with Crippen LogP contribution < -0.4 is 5.73 Å². The predicted octanol–water partition coefficient (Wildman–Crippen LogP) is 2.85. The fourth-order valence-electron chi connectivity index (χ4n) is 3.52. The van der Waals surface area contributed by atoms with Gasteiger partial charge in [0, 0.05) is 0 Å². The summed E-state index contributed by atoms with van der Waals surface area (Å²) in [5.74, 6) is 0.757. The molecule has 0 amide bonds. The molecule has 0 bridgehead atoms. The van der Waals surface area contributed by atoms with Crippen LogP contribution in [0.4, 0.5) is 0 Å². The van der Waals surface area contributed by atoms with Gasteiger partial charge < -0.3 is 5.73 Å². The number of nitrogens with two attached hydrogens (primary N) is 1. The maximum Gasteiger partial charge on any atom is -0.00147 e. The summed E-state index contributed by atoms with van der Waals surface area (Å²) in [6, 6.07) is 8.96. The summed E-state index contributed by atoms with van der Waals surface area (Å²) >= 11 is 0. The van der Waals surface area contributed by atoms with E-state index in [-0.39, 0.29) is 0 Å². The Balaban J connectivity index is 1.96. The summed E-state index contributed by atoms with van der Waals surface area (Å²) in [4.78, 5) is 0. The van der Waals surface area contributed by atoms with E-state index in [0.29, 0.717) is 5.41 Å². The van der Waals surface area contributed by atoms with E-state index in [1.807, 2.05) is 0 Å². The summed E-state index contributed by atoms with van der Waals surface area (Å²) in [7, 11) is 0. The highest BCUT2D eigenvalue weighted by atomic mass is 14.7. The zero-order valence-electron chi connectivity index (χ0n) is 9.21. The Hall–Kier alpha value is -0.820. The summed E-state index contributed by atoms with van der Waals surface area (Å²) < 4.78 is 0. The Bertz CT molecular complexity index is 360. The summed E-state index contributed by atoms with van der Waals surface area (Å²) in [6.07, 6.45) is 6.68. The van der Waals surface area contributed by atoms with Gasteiger partial charge in [-0.1, -0.05) is 30.7 Å². The van der Waals surface area contributed by atoms with Crippen molar-refractivity contribution in [3.05, 3.63) is 35.4 Å². The topological polar surface area (TPSA) is 26.0 Å². The number of rotatable bonds is 2. The number of hydrogen-bond donors (Lipinski definition) is 1. The zero-order chi connectivity index (χ0) is 10.3. The minimum atomic E-state index is 0.465. The molecule has 1 aromatic carbocycles. The third-order valence-corrected chi connectivity index (χ3v) is 4.63. The van der Waals surface area contributed by atoms with Crippen LogP contribution in [0.2, 0.25) is 0 Å². The van der Waals surface area contributed by atoms with Crippen molar-refractivity contribution in [2.45, 2.75) is 38.0 Å². The molecule has 2 aliphatic carbocycles. The van der Waals surface area contributed by atoms with Crippen molar-refractivity contribution in [3.63, 3.8) is 0 Å². The second-order valence-corrected chi connectivity index (χ2v) is 5.21. The van der Waals surface area contributed by atoms with E-state index in [0.717, 1.165) is 12.5 Å². The molecule has 1 nitrogen and oxygen atoms in total. The largest absolute Gasteiger partial charge is 0.330 e. The molecule has 0 heterocycles. The van der Waals surface area contributed by atoms with Crippen LogP contribution in [0.5, 0.6) is 0 Å². The molecule has 1 unspecified atom stereocenters. The first-order valence-corrected chi connectivity index (χ1v) is 6.14. The second kappa shape index (κ2) is 3.34. The number of fused-ring (bicyclic) bond motifs is 1. The molecule has 80 valence electrons. The van der Waals surface area contributed by atoms with Crippen molar-refractivity contribution in [2.75, 3.05) is 6.54 Å². The SMILES string of the molecule is NCC1(C2CCc3ccccc32)CCC1. The maximum absolute atomic E-state index is 6.01. The molecule has 0 radical (unpaired) electrons. The Morgan fingerprint density at radius 3 is 2.73 bits per heavy atom. The second-order valence-electron chi connectivity index (χ2n) is 5.21. The van der Waals surface area contributed by atoms with Gasteiger partial charge in [0.15, 0.2) is 0 Å². The lowest BCUT2D eigenvalue weighted by Gasteiger charge is -2.46. The quantitative estimate of drug-likeness (QED) is 0.782. The fraction of sp³-hybridized carbons (Fsp3) is 0.571. The van der Waals surface area contributed by atoms with E-state index < -0.39 is 0 Å². The molecule has 15 heavy (non-hydrogen) atoms. The number of aryl methyl sites for hydroxylation is 1. The average Bonchev–Trinajstić information content (AvgIpc) is 2.62. The Morgan fingerprint density at radius 1 is 1.27 bits per heavy atom. The highest BCUT2D eigenvalue weighted by molar-refractivity contribution is 5.37. The minimum Gasteiger partial charge on any atom is -0.330 e. The van der Waals surface area contributed by atoms with Gasteiger partial charge in [-0.3, -0.25) is 0 Å². The van der Waals surface area contributed by atoms with Gasteiger partial charge in [0.25, 0.3) is 0 Å². The van der Waals surface area contributed by atoms with Crippen LogP contribution in [0, 0.1) is 5.41 Å². The Morgan fingerprint density at radius 2 is 2.07 bits per heavy atom. The van der Waals surface area contributed by atoms with Crippen LogP contribution in [-0.4, -0.2) is 6.54 Å². The molecule has 1 aromatic rings. The van der Waals surface area contributed by atoms with Gasteiger partial charge in [-0.2, -0.15) is 0 Å². The first kappa shape index (κ1) is 9.41. The van der Waals surface area contributed by atoms with E-state index in [2.05, 4.69) is 24.3 Å². The maximum atomic E-state index is 6.01. The molecule has 1 saturated carbocycles. The van der Waals surface area contributed by atoms with Gasteiger partial charge in [-0.05, 0) is 54.7 Å². The van der Waals surface area contributed by atoms with Gasteiger partial charge in [-0.15, -0.1) is 0 Å². The van der Waals surface area contributed by atoms with Gasteiger partial charge in [0.1, 0.15) is 0 Å². The first-order chi connectivity index (χ1) is 7.36. The fourth-order valence-corrected chi connectivity index (χ4v) is 3.52. The van der Waals surface area contributed by atoms with Crippen molar-refractivity contribution < 1.29 is 0 Å². The summed E-state index contributed by atoms with van der Waals surface area (Å²) in [5.41, 5.74) is 9.64. The van der Waals surface area contributed by atoms with E-state index >= 15 is 0 Å². The highest BCUT2D eigenvalue weighted by Crippen LogP contribution is 2.55. The molecule has 2 aliphatic rings. The van der Waals surface area contributed by atoms with Crippen molar-refractivity contribution in [2.24, 2.45) is 11.1 Å². The molecule has 0 spiro atoms. The summed E-state index contributed by atoms with van der Waals surface area (Å²) in [6.45, 7) is 0.881. The van der Waals surface area contributed by atoms with Crippen LogP contribution >= 0.6 is 0 Å². The number of hydrogen-bond acceptors (Lipinski definition) is 1. The lowest BCUT2D eigenvalue weighted by molar-refractivity contribution is 0.102.